The highest BCUT2D eigenvalue weighted by Gasteiger charge is 2.24. The summed E-state index contributed by atoms with van der Waals surface area (Å²) in [7, 11) is 0. The van der Waals surface area contributed by atoms with Crippen molar-refractivity contribution in [1.29, 1.82) is 0 Å². The Hall–Kier alpha value is -0.0800. The van der Waals surface area contributed by atoms with E-state index in [1.807, 2.05) is 0 Å². The lowest BCUT2D eigenvalue weighted by atomic mass is 9.98. The summed E-state index contributed by atoms with van der Waals surface area (Å²) in [6.07, 6.45) is 4.31. The molecule has 1 aliphatic heterocycles. The van der Waals surface area contributed by atoms with Gasteiger partial charge in [0, 0.05) is 6.04 Å². The van der Waals surface area contributed by atoms with Crippen LogP contribution in [0.15, 0.2) is 0 Å². The highest BCUT2D eigenvalue weighted by Crippen LogP contribution is 2.23. The number of ether oxygens (including phenoxy) is 1. The SMILES string of the molecule is CC1CCC(CC(N)C(C)C)O1. The molecule has 1 fully saturated rings. The number of nitrogens with two attached hydrogens (primary N) is 1. The molecule has 0 aromatic heterocycles. The van der Waals surface area contributed by atoms with Crippen LogP contribution in [0.3, 0.4) is 0 Å². The van der Waals surface area contributed by atoms with E-state index in [1.165, 1.54) is 12.8 Å². The van der Waals surface area contributed by atoms with E-state index >= 15 is 0 Å². The fourth-order valence-corrected chi connectivity index (χ4v) is 1.63. The van der Waals surface area contributed by atoms with Crippen LogP contribution in [0.5, 0.6) is 0 Å². The highest BCUT2D eigenvalue weighted by molar-refractivity contribution is 4.76. The van der Waals surface area contributed by atoms with Gasteiger partial charge < -0.3 is 10.5 Å². The fourth-order valence-electron chi connectivity index (χ4n) is 1.63. The van der Waals surface area contributed by atoms with Crippen molar-refractivity contribution in [2.75, 3.05) is 0 Å². The van der Waals surface area contributed by atoms with Crippen LogP contribution in [0, 0.1) is 5.92 Å². The third-order valence-electron chi connectivity index (χ3n) is 2.71. The molecule has 0 bridgehead atoms. The Balaban J connectivity index is 2.23. The van der Waals surface area contributed by atoms with E-state index < -0.39 is 0 Å². The molecule has 2 nitrogen and oxygen atoms in total. The molecular formula is C10H21NO. The molecule has 1 rings (SSSR count). The standard InChI is InChI=1S/C10H21NO/c1-7(2)10(11)6-9-5-4-8(3)12-9/h7-10H,4-6,11H2,1-3H3. The molecule has 1 aliphatic rings. The summed E-state index contributed by atoms with van der Waals surface area (Å²) < 4.78 is 5.70. The first kappa shape index (κ1) is 10.0. The van der Waals surface area contributed by atoms with Crippen LogP contribution >= 0.6 is 0 Å². The Bertz CT molecular complexity index is 136. The first-order valence-corrected chi connectivity index (χ1v) is 5.00. The van der Waals surface area contributed by atoms with E-state index in [0.717, 1.165) is 6.42 Å². The predicted molar refractivity (Wildman–Crippen MR) is 51.0 cm³/mol. The number of rotatable bonds is 3. The van der Waals surface area contributed by atoms with Crippen LogP contribution in [0.25, 0.3) is 0 Å². The van der Waals surface area contributed by atoms with E-state index in [1.54, 1.807) is 0 Å². The van der Waals surface area contributed by atoms with Gasteiger partial charge in [0.2, 0.25) is 0 Å². The third-order valence-corrected chi connectivity index (χ3v) is 2.71. The maximum absolute atomic E-state index is 5.96. The normalized spacial score (nSPS) is 32.8. The summed E-state index contributed by atoms with van der Waals surface area (Å²) in [4.78, 5) is 0. The van der Waals surface area contributed by atoms with E-state index in [-0.39, 0.29) is 0 Å². The van der Waals surface area contributed by atoms with Gasteiger partial charge >= 0.3 is 0 Å². The second-order valence-electron chi connectivity index (χ2n) is 4.29. The van der Waals surface area contributed by atoms with Gasteiger partial charge in [-0.15, -0.1) is 0 Å². The van der Waals surface area contributed by atoms with Gasteiger partial charge in [0.1, 0.15) is 0 Å². The smallest absolute Gasteiger partial charge is 0.0594 e. The van der Waals surface area contributed by atoms with Gasteiger partial charge in [-0.3, -0.25) is 0 Å². The van der Waals surface area contributed by atoms with Crippen LogP contribution in [-0.2, 0) is 4.74 Å². The Morgan fingerprint density at radius 3 is 2.50 bits per heavy atom. The van der Waals surface area contributed by atoms with Gasteiger partial charge in [0.15, 0.2) is 0 Å². The topological polar surface area (TPSA) is 35.2 Å². The van der Waals surface area contributed by atoms with E-state index in [9.17, 15) is 0 Å². The molecule has 3 unspecified atom stereocenters. The minimum Gasteiger partial charge on any atom is -0.375 e. The van der Waals surface area contributed by atoms with Crippen molar-refractivity contribution in [2.45, 2.75) is 58.3 Å². The zero-order valence-electron chi connectivity index (χ0n) is 8.42. The molecule has 0 aromatic carbocycles. The van der Waals surface area contributed by atoms with Crippen molar-refractivity contribution in [3.63, 3.8) is 0 Å². The van der Waals surface area contributed by atoms with Crippen LogP contribution in [-0.4, -0.2) is 18.2 Å². The Kier molecular flexibility index (Phi) is 3.53. The van der Waals surface area contributed by atoms with Crippen molar-refractivity contribution in [2.24, 2.45) is 11.7 Å². The quantitative estimate of drug-likeness (QED) is 0.704. The van der Waals surface area contributed by atoms with Gasteiger partial charge in [0.05, 0.1) is 12.2 Å². The first-order valence-electron chi connectivity index (χ1n) is 5.00. The van der Waals surface area contributed by atoms with Gasteiger partial charge in [-0.25, -0.2) is 0 Å². The molecular weight excluding hydrogens is 150 g/mol. The molecule has 0 aromatic rings. The summed E-state index contributed by atoms with van der Waals surface area (Å²) in [5.41, 5.74) is 5.96. The molecule has 0 amide bonds. The van der Waals surface area contributed by atoms with Crippen LogP contribution in [0.1, 0.15) is 40.0 Å². The summed E-state index contributed by atoms with van der Waals surface area (Å²) in [6.45, 7) is 6.48. The first-order chi connectivity index (χ1) is 5.59. The molecule has 2 N–H and O–H groups in total. The van der Waals surface area contributed by atoms with E-state index in [2.05, 4.69) is 20.8 Å². The highest BCUT2D eigenvalue weighted by atomic mass is 16.5. The molecule has 12 heavy (non-hydrogen) atoms. The summed E-state index contributed by atoms with van der Waals surface area (Å²) in [6, 6.07) is 0.306. The molecule has 3 atom stereocenters. The average Bonchev–Trinajstić information content (AvgIpc) is 2.35. The zero-order chi connectivity index (χ0) is 9.14. The molecule has 0 aliphatic carbocycles. The van der Waals surface area contributed by atoms with Crippen LogP contribution in [0.2, 0.25) is 0 Å². The summed E-state index contributed by atoms with van der Waals surface area (Å²) in [5, 5.41) is 0. The minimum atomic E-state index is 0.306. The van der Waals surface area contributed by atoms with Crippen molar-refractivity contribution >= 4 is 0 Å². The van der Waals surface area contributed by atoms with Gasteiger partial charge in [-0.05, 0) is 32.1 Å². The van der Waals surface area contributed by atoms with Crippen molar-refractivity contribution < 1.29 is 4.74 Å². The Labute approximate surface area is 75.5 Å². The van der Waals surface area contributed by atoms with E-state index in [4.69, 9.17) is 10.5 Å². The summed E-state index contributed by atoms with van der Waals surface area (Å²) >= 11 is 0. The largest absolute Gasteiger partial charge is 0.375 e. The zero-order valence-corrected chi connectivity index (χ0v) is 8.42. The molecule has 1 saturated heterocycles. The van der Waals surface area contributed by atoms with Gasteiger partial charge in [-0.2, -0.15) is 0 Å². The number of hydrogen-bond donors (Lipinski definition) is 1. The fraction of sp³-hybridized carbons (Fsp3) is 1.00. The van der Waals surface area contributed by atoms with Gasteiger partial charge in [0.25, 0.3) is 0 Å². The Morgan fingerprint density at radius 1 is 1.42 bits per heavy atom. The second kappa shape index (κ2) is 4.24. The number of hydrogen-bond acceptors (Lipinski definition) is 2. The predicted octanol–water partition coefficient (Wildman–Crippen LogP) is 1.93. The molecule has 0 spiro atoms. The third kappa shape index (κ3) is 2.76. The molecule has 1 heterocycles. The summed E-state index contributed by atoms with van der Waals surface area (Å²) in [5.74, 6) is 0.574. The second-order valence-corrected chi connectivity index (χ2v) is 4.29. The lowest BCUT2D eigenvalue weighted by Gasteiger charge is -2.19. The monoisotopic (exact) mass is 171 g/mol. The van der Waals surface area contributed by atoms with Gasteiger partial charge in [-0.1, -0.05) is 13.8 Å². The van der Waals surface area contributed by atoms with E-state index in [0.29, 0.717) is 24.2 Å². The maximum atomic E-state index is 5.96. The lowest BCUT2D eigenvalue weighted by molar-refractivity contribution is 0.0443. The maximum Gasteiger partial charge on any atom is 0.0594 e. The van der Waals surface area contributed by atoms with Crippen LogP contribution < -0.4 is 5.73 Å². The molecule has 0 saturated carbocycles. The lowest BCUT2D eigenvalue weighted by Crippen LogP contribution is -2.31. The average molecular weight is 171 g/mol. The molecule has 72 valence electrons. The Morgan fingerprint density at radius 2 is 2.08 bits per heavy atom. The van der Waals surface area contributed by atoms with Crippen molar-refractivity contribution in [3.8, 4) is 0 Å². The molecule has 2 heteroatoms. The molecule has 0 radical (unpaired) electrons. The van der Waals surface area contributed by atoms with Crippen molar-refractivity contribution in [1.82, 2.24) is 0 Å². The van der Waals surface area contributed by atoms with Crippen molar-refractivity contribution in [3.05, 3.63) is 0 Å². The van der Waals surface area contributed by atoms with Crippen LogP contribution in [0.4, 0.5) is 0 Å². The minimum absolute atomic E-state index is 0.306.